The summed E-state index contributed by atoms with van der Waals surface area (Å²) in [6.45, 7) is 4.69. The average Bonchev–Trinajstić information content (AvgIpc) is 2.45. The molecule has 0 heterocycles. The lowest BCUT2D eigenvalue weighted by Crippen LogP contribution is -2.00. The molecule has 4 heteroatoms. The minimum absolute atomic E-state index is 0.441. The number of hydrogen-bond acceptors (Lipinski definition) is 2. The van der Waals surface area contributed by atoms with Crippen molar-refractivity contribution in [1.29, 1.82) is 0 Å². The predicted molar refractivity (Wildman–Crippen MR) is 85.9 cm³/mol. The van der Waals surface area contributed by atoms with E-state index in [-0.39, 0.29) is 0 Å². The van der Waals surface area contributed by atoms with Crippen LogP contribution in [0.5, 0.6) is 5.75 Å². The summed E-state index contributed by atoms with van der Waals surface area (Å²) in [7, 11) is 0. The number of hydrogen-bond donors (Lipinski definition) is 1. The van der Waals surface area contributed by atoms with Gasteiger partial charge in [-0.25, -0.2) is 0 Å². The van der Waals surface area contributed by atoms with E-state index in [0.29, 0.717) is 28.9 Å². The van der Waals surface area contributed by atoms with Crippen LogP contribution in [-0.4, -0.2) is 6.61 Å². The summed E-state index contributed by atoms with van der Waals surface area (Å²) in [4.78, 5) is 0. The summed E-state index contributed by atoms with van der Waals surface area (Å²) < 4.78 is 5.43. The molecule has 20 heavy (non-hydrogen) atoms. The van der Waals surface area contributed by atoms with Crippen molar-refractivity contribution in [3.63, 3.8) is 0 Å². The third-order valence-electron chi connectivity index (χ3n) is 2.71. The van der Waals surface area contributed by atoms with Crippen LogP contribution >= 0.6 is 23.2 Å². The Balaban J connectivity index is 2.02. The van der Waals surface area contributed by atoms with Gasteiger partial charge < -0.3 is 10.1 Å². The summed E-state index contributed by atoms with van der Waals surface area (Å²) in [6, 6.07) is 13.3. The molecule has 0 aromatic heterocycles. The monoisotopic (exact) mass is 307 g/mol. The maximum atomic E-state index is 6.17. The molecule has 0 aliphatic carbocycles. The lowest BCUT2D eigenvalue weighted by Gasteiger charge is -2.10. The zero-order valence-electron chi connectivity index (χ0n) is 10.9. The second kappa shape index (κ2) is 7.22. The Morgan fingerprint density at radius 3 is 2.60 bits per heavy atom. The van der Waals surface area contributed by atoms with Gasteiger partial charge in [0.05, 0.1) is 15.7 Å². The van der Waals surface area contributed by atoms with Gasteiger partial charge in [-0.3, -0.25) is 0 Å². The second-order valence-corrected chi connectivity index (χ2v) is 5.01. The Morgan fingerprint density at radius 1 is 1.10 bits per heavy atom. The lowest BCUT2D eigenvalue weighted by atomic mass is 10.2. The first-order valence-electron chi connectivity index (χ1n) is 6.21. The lowest BCUT2D eigenvalue weighted by molar-refractivity contribution is 0.363. The normalized spacial score (nSPS) is 10.1. The van der Waals surface area contributed by atoms with Crippen molar-refractivity contribution in [3.05, 3.63) is 70.7 Å². The van der Waals surface area contributed by atoms with Gasteiger partial charge in [0.1, 0.15) is 12.4 Å². The summed E-state index contributed by atoms with van der Waals surface area (Å²) in [5.74, 6) is 0.660. The van der Waals surface area contributed by atoms with Crippen LogP contribution in [0.25, 0.3) is 0 Å². The van der Waals surface area contributed by atoms with Crippen LogP contribution < -0.4 is 10.1 Å². The second-order valence-electron chi connectivity index (χ2n) is 4.20. The van der Waals surface area contributed by atoms with E-state index in [0.717, 1.165) is 11.3 Å². The summed E-state index contributed by atoms with van der Waals surface area (Å²) in [5, 5.41) is 4.56. The minimum atomic E-state index is 0.441. The van der Waals surface area contributed by atoms with Gasteiger partial charge in [0.2, 0.25) is 0 Å². The minimum Gasteiger partial charge on any atom is -0.488 e. The summed E-state index contributed by atoms with van der Waals surface area (Å²) in [6.07, 6.45) is 1.68. The fourth-order valence-electron chi connectivity index (χ4n) is 1.72. The molecule has 0 amide bonds. The van der Waals surface area contributed by atoms with Crippen molar-refractivity contribution in [3.8, 4) is 5.75 Å². The van der Waals surface area contributed by atoms with Crippen molar-refractivity contribution in [2.75, 3.05) is 11.9 Å². The first-order chi connectivity index (χ1) is 9.70. The molecule has 2 aromatic rings. The van der Waals surface area contributed by atoms with Crippen LogP contribution in [0.3, 0.4) is 0 Å². The smallest absolute Gasteiger partial charge is 0.138 e. The van der Waals surface area contributed by atoms with Crippen molar-refractivity contribution in [1.82, 2.24) is 0 Å². The largest absolute Gasteiger partial charge is 0.488 e. The van der Waals surface area contributed by atoms with Gasteiger partial charge in [-0.2, -0.15) is 0 Å². The molecule has 0 saturated carbocycles. The van der Waals surface area contributed by atoms with Crippen LogP contribution in [0.1, 0.15) is 5.56 Å². The first-order valence-corrected chi connectivity index (χ1v) is 6.97. The molecule has 0 radical (unpaired) electrons. The van der Waals surface area contributed by atoms with Crippen molar-refractivity contribution < 1.29 is 4.74 Å². The highest BCUT2D eigenvalue weighted by atomic mass is 35.5. The van der Waals surface area contributed by atoms with Crippen LogP contribution in [0.4, 0.5) is 5.69 Å². The van der Waals surface area contributed by atoms with E-state index in [1.807, 2.05) is 42.5 Å². The van der Waals surface area contributed by atoms with Gasteiger partial charge >= 0.3 is 0 Å². The third-order valence-corrected chi connectivity index (χ3v) is 3.33. The Kier molecular flexibility index (Phi) is 5.33. The number of para-hydroxylation sites is 1. The van der Waals surface area contributed by atoms with Gasteiger partial charge in [0.25, 0.3) is 0 Å². The SMILES string of the molecule is C=CCOc1ccc(CNc2ccccc2Cl)cc1Cl. The number of ether oxygens (including phenoxy) is 1. The molecule has 2 aromatic carbocycles. The summed E-state index contributed by atoms with van der Waals surface area (Å²) >= 11 is 12.3. The van der Waals surface area contributed by atoms with E-state index in [4.69, 9.17) is 27.9 Å². The molecule has 1 N–H and O–H groups in total. The Bertz CT molecular complexity index is 599. The van der Waals surface area contributed by atoms with Gasteiger partial charge in [0.15, 0.2) is 0 Å². The van der Waals surface area contributed by atoms with Crippen molar-refractivity contribution >= 4 is 28.9 Å². The van der Waals surface area contributed by atoms with Gasteiger partial charge in [-0.15, -0.1) is 0 Å². The molecule has 0 spiro atoms. The van der Waals surface area contributed by atoms with Gasteiger partial charge in [0, 0.05) is 6.54 Å². The molecule has 0 unspecified atom stereocenters. The maximum Gasteiger partial charge on any atom is 0.138 e. The average molecular weight is 308 g/mol. The topological polar surface area (TPSA) is 21.3 Å². The highest BCUT2D eigenvalue weighted by Crippen LogP contribution is 2.26. The number of benzene rings is 2. The molecule has 0 bridgehead atoms. The highest BCUT2D eigenvalue weighted by molar-refractivity contribution is 6.33. The fourth-order valence-corrected chi connectivity index (χ4v) is 2.18. The molecular formula is C16H15Cl2NO. The molecule has 0 saturated heterocycles. The molecule has 0 fully saturated rings. The van der Waals surface area contributed by atoms with Crippen molar-refractivity contribution in [2.24, 2.45) is 0 Å². The molecule has 2 rings (SSSR count). The van der Waals surface area contributed by atoms with Crippen LogP contribution in [0.15, 0.2) is 55.1 Å². The Hall–Kier alpha value is -1.64. The van der Waals surface area contributed by atoms with Gasteiger partial charge in [-0.1, -0.05) is 54.1 Å². The quantitative estimate of drug-likeness (QED) is 0.743. The number of rotatable bonds is 6. The molecular weight excluding hydrogens is 293 g/mol. The zero-order chi connectivity index (χ0) is 14.4. The number of halogens is 2. The number of nitrogens with one attached hydrogen (secondary N) is 1. The summed E-state index contributed by atoms with van der Waals surface area (Å²) in [5.41, 5.74) is 1.96. The first kappa shape index (κ1) is 14.8. The molecule has 0 atom stereocenters. The molecule has 0 aliphatic rings. The number of anilines is 1. The third kappa shape index (κ3) is 3.92. The van der Waals surface area contributed by atoms with E-state index in [1.54, 1.807) is 6.08 Å². The zero-order valence-corrected chi connectivity index (χ0v) is 12.4. The molecule has 104 valence electrons. The highest BCUT2D eigenvalue weighted by Gasteiger charge is 2.03. The van der Waals surface area contributed by atoms with E-state index in [1.165, 1.54) is 0 Å². The van der Waals surface area contributed by atoms with Crippen LogP contribution in [0.2, 0.25) is 10.0 Å². The maximum absolute atomic E-state index is 6.17. The van der Waals surface area contributed by atoms with Crippen molar-refractivity contribution in [2.45, 2.75) is 6.54 Å². The van der Waals surface area contributed by atoms with Gasteiger partial charge in [-0.05, 0) is 29.8 Å². The predicted octanol–water partition coefficient (Wildman–Crippen LogP) is 5.17. The standard InChI is InChI=1S/C16H15Cl2NO/c1-2-9-20-16-8-7-12(10-14(16)18)11-19-15-6-4-3-5-13(15)17/h2-8,10,19H,1,9,11H2. The van der Waals surface area contributed by atoms with E-state index in [9.17, 15) is 0 Å². The molecule has 0 aliphatic heterocycles. The van der Waals surface area contributed by atoms with E-state index in [2.05, 4.69) is 11.9 Å². The van der Waals surface area contributed by atoms with Crippen LogP contribution in [-0.2, 0) is 6.54 Å². The fraction of sp³-hybridized carbons (Fsp3) is 0.125. The van der Waals surface area contributed by atoms with Crippen LogP contribution in [0, 0.1) is 0 Å². The van der Waals surface area contributed by atoms with E-state index < -0.39 is 0 Å². The Morgan fingerprint density at radius 2 is 1.90 bits per heavy atom. The van der Waals surface area contributed by atoms with E-state index >= 15 is 0 Å². The Labute approximate surface area is 129 Å². The molecule has 2 nitrogen and oxygen atoms in total.